The van der Waals surface area contributed by atoms with Crippen LogP contribution < -0.4 is 5.73 Å². The second-order valence-electron chi connectivity index (χ2n) is 3.47. The lowest BCUT2D eigenvalue weighted by atomic mass is 9.92. The summed E-state index contributed by atoms with van der Waals surface area (Å²) >= 11 is 1.14. The van der Waals surface area contributed by atoms with Crippen LogP contribution in [0.25, 0.3) is 0 Å². The van der Waals surface area contributed by atoms with E-state index in [0.29, 0.717) is 0 Å². The fourth-order valence-corrected chi connectivity index (χ4v) is 2.65. The molecular weight excluding hydrogens is 173 g/mol. The Labute approximate surface area is 75.4 Å². The molecule has 0 aromatic carbocycles. The molecule has 1 heterocycles. The highest BCUT2D eigenvalue weighted by Gasteiger charge is 2.33. The zero-order chi connectivity index (χ0) is 8.60. The van der Waals surface area contributed by atoms with Crippen LogP contribution in [-0.4, -0.2) is 0 Å². The Morgan fingerprint density at radius 3 is 2.58 bits per heavy atom. The van der Waals surface area contributed by atoms with Crippen molar-refractivity contribution in [2.45, 2.75) is 31.2 Å². The first-order valence-electron chi connectivity index (χ1n) is 4.25. The normalized spacial score (nSPS) is 21.5. The molecule has 0 unspecified atom stereocenters. The zero-order valence-electron chi connectivity index (χ0n) is 6.85. The first-order chi connectivity index (χ1) is 5.72. The number of halogens is 1. The van der Waals surface area contributed by atoms with Crippen LogP contribution in [-0.2, 0) is 5.54 Å². The summed E-state index contributed by atoms with van der Waals surface area (Å²) < 4.78 is 13.2. The van der Waals surface area contributed by atoms with E-state index in [-0.39, 0.29) is 10.7 Å². The third kappa shape index (κ3) is 1.17. The Morgan fingerprint density at radius 1 is 1.42 bits per heavy atom. The molecular formula is C9H12FNS. The van der Waals surface area contributed by atoms with Gasteiger partial charge in [0.2, 0.25) is 0 Å². The van der Waals surface area contributed by atoms with Crippen LogP contribution >= 0.6 is 11.3 Å². The number of nitrogens with two attached hydrogens (primary N) is 1. The van der Waals surface area contributed by atoms with Crippen molar-refractivity contribution in [3.63, 3.8) is 0 Å². The van der Waals surface area contributed by atoms with Crippen LogP contribution in [0, 0.1) is 5.13 Å². The molecule has 0 spiro atoms. The fourth-order valence-electron chi connectivity index (χ4n) is 1.93. The standard InChI is InChI=1S/C9H12FNS/c10-8-7(3-6-12-8)9(11)4-1-2-5-9/h3,6H,1-2,4-5,11H2. The van der Waals surface area contributed by atoms with Crippen LogP contribution in [0.4, 0.5) is 4.39 Å². The van der Waals surface area contributed by atoms with Gasteiger partial charge in [0.25, 0.3) is 0 Å². The van der Waals surface area contributed by atoms with E-state index in [9.17, 15) is 4.39 Å². The highest BCUT2D eigenvalue weighted by atomic mass is 32.1. The highest BCUT2D eigenvalue weighted by Crippen LogP contribution is 2.38. The van der Waals surface area contributed by atoms with E-state index in [4.69, 9.17) is 5.73 Å². The van der Waals surface area contributed by atoms with E-state index < -0.39 is 0 Å². The Morgan fingerprint density at radius 2 is 2.08 bits per heavy atom. The number of thiophene rings is 1. The predicted octanol–water partition coefficient (Wildman–Crippen LogP) is 2.62. The maximum absolute atomic E-state index is 13.2. The van der Waals surface area contributed by atoms with Crippen molar-refractivity contribution in [1.82, 2.24) is 0 Å². The molecule has 2 rings (SSSR count). The first-order valence-corrected chi connectivity index (χ1v) is 5.13. The van der Waals surface area contributed by atoms with Crippen molar-refractivity contribution in [1.29, 1.82) is 0 Å². The van der Waals surface area contributed by atoms with E-state index in [1.165, 1.54) is 0 Å². The lowest BCUT2D eigenvalue weighted by molar-refractivity contribution is 0.440. The molecule has 1 aliphatic carbocycles. The summed E-state index contributed by atoms with van der Waals surface area (Å²) in [6, 6.07) is 1.82. The van der Waals surface area contributed by atoms with Crippen molar-refractivity contribution in [2.75, 3.05) is 0 Å². The lowest BCUT2D eigenvalue weighted by Crippen LogP contribution is -2.33. The molecule has 1 aromatic heterocycles. The highest BCUT2D eigenvalue weighted by molar-refractivity contribution is 7.08. The Kier molecular flexibility index (Phi) is 1.93. The van der Waals surface area contributed by atoms with Crippen molar-refractivity contribution in [3.8, 4) is 0 Å². The molecule has 1 nitrogen and oxygen atoms in total. The molecule has 0 bridgehead atoms. The van der Waals surface area contributed by atoms with E-state index in [0.717, 1.165) is 42.6 Å². The van der Waals surface area contributed by atoms with Crippen LogP contribution in [0.1, 0.15) is 31.2 Å². The SMILES string of the molecule is NC1(c2ccsc2F)CCCC1. The molecule has 0 atom stereocenters. The first kappa shape index (κ1) is 8.20. The van der Waals surface area contributed by atoms with Gasteiger partial charge in [-0.2, -0.15) is 4.39 Å². The molecule has 2 N–H and O–H groups in total. The summed E-state index contributed by atoms with van der Waals surface area (Å²) in [7, 11) is 0. The smallest absolute Gasteiger partial charge is 0.181 e. The summed E-state index contributed by atoms with van der Waals surface area (Å²) in [5, 5.41) is 1.68. The average Bonchev–Trinajstić information content (AvgIpc) is 2.59. The van der Waals surface area contributed by atoms with Crippen molar-refractivity contribution >= 4 is 11.3 Å². The van der Waals surface area contributed by atoms with E-state index in [1.807, 2.05) is 6.07 Å². The molecule has 1 fully saturated rings. The minimum absolute atomic E-state index is 0.0978. The molecule has 0 saturated heterocycles. The largest absolute Gasteiger partial charge is 0.321 e. The summed E-state index contributed by atoms with van der Waals surface area (Å²) in [5.41, 5.74) is 6.46. The van der Waals surface area contributed by atoms with Gasteiger partial charge >= 0.3 is 0 Å². The van der Waals surface area contributed by atoms with Crippen LogP contribution in [0.3, 0.4) is 0 Å². The second-order valence-corrected chi connectivity index (χ2v) is 4.34. The Hall–Kier alpha value is -0.410. The minimum Gasteiger partial charge on any atom is -0.321 e. The van der Waals surface area contributed by atoms with Gasteiger partial charge in [0, 0.05) is 11.1 Å². The predicted molar refractivity (Wildman–Crippen MR) is 48.6 cm³/mol. The van der Waals surface area contributed by atoms with Crippen molar-refractivity contribution < 1.29 is 4.39 Å². The minimum atomic E-state index is -0.357. The molecule has 12 heavy (non-hydrogen) atoms. The quantitative estimate of drug-likeness (QED) is 0.715. The molecule has 0 aliphatic heterocycles. The van der Waals surface area contributed by atoms with Crippen molar-refractivity contribution in [2.24, 2.45) is 5.73 Å². The number of rotatable bonds is 1. The van der Waals surface area contributed by atoms with E-state index >= 15 is 0 Å². The van der Waals surface area contributed by atoms with Gasteiger partial charge in [-0.15, -0.1) is 11.3 Å². The molecule has 0 radical (unpaired) electrons. The van der Waals surface area contributed by atoms with Gasteiger partial charge < -0.3 is 5.73 Å². The molecule has 1 saturated carbocycles. The molecule has 3 heteroatoms. The number of hydrogen-bond acceptors (Lipinski definition) is 2. The summed E-state index contributed by atoms with van der Waals surface area (Å²) in [6.45, 7) is 0. The zero-order valence-corrected chi connectivity index (χ0v) is 7.66. The summed E-state index contributed by atoms with van der Waals surface area (Å²) in [4.78, 5) is 0. The summed E-state index contributed by atoms with van der Waals surface area (Å²) in [6.07, 6.45) is 4.12. The average molecular weight is 185 g/mol. The van der Waals surface area contributed by atoms with E-state index in [2.05, 4.69) is 0 Å². The van der Waals surface area contributed by atoms with Crippen LogP contribution in [0.5, 0.6) is 0 Å². The fraction of sp³-hybridized carbons (Fsp3) is 0.556. The molecule has 1 aromatic rings. The van der Waals surface area contributed by atoms with Gasteiger partial charge in [-0.3, -0.25) is 0 Å². The van der Waals surface area contributed by atoms with Gasteiger partial charge in [-0.1, -0.05) is 12.8 Å². The number of hydrogen-bond donors (Lipinski definition) is 1. The lowest BCUT2D eigenvalue weighted by Gasteiger charge is -2.22. The van der Waals surface area contributed by atoms with Gasteiger partial charge in [0.05, 0.1) is 0 Å². The van der Waals surface area contributed by atoms with Gasteiger partial charge in [-0.25, -0.2) is 0 Å². The van der Waals surface area contributed by atoms with Crippen LogP contribution in [0.2, 0.25) is 0 Å². The molecule has 66 valence electrons. The Balaban J connectivity index is 2.34. The topological polar surface area (TPSA) is 26.0 Å². The van der Waals surface area contributed by atoms with Crippen LogP contribution in [0.15, 0.2) is 11.4 Å². The van der Waals surface area contributed by atoms with Gasteiger partial charge in [0.15, 0.2) is 5.13 Å². The molecule has 1 aliphatic rings. The van der Waals surface area contributed by atoms with Gasteiger partial charge in [-0.05, 0) is 24.3 Å². The maximum Gasteiger partial charge on any atom is 0.181 e. The Bertz CT molecular complexity index is 276. The van der Waals surface area contributed by atoms with E-state index in [1.54, 1.807) is 5.38 Å². The maximum atomic E-state index is 13.2. The third-order valence-electron chi connectivity index (χ3n) is 2.65. The summed E-state index contributed by atoms with van der Waals surface area (Å²) in [5.74, 6) is 0. The van der Waals surface area contributed by atoms with Gasteiger partial charge in [0.1, 0.15) is 0 Å². The van der Waals surface area contributed by atoms with Crippen molar-refractivity contribution in [3.05, 3.63) is 22.1 Å². The third-order valence-corrected chi connectivity index (χ3v) is 3.35. The molecule has 0 amide bonds. The second kappa shape index (κ2) is 2.82. The monoisotopic (exact) mass is 185 g/mol.